The monoisotopic (exact) mass is 385 g/mol. The van der Waals surface area contributed by atoms with Gasteiger partial charge in [0.05, 0.1) is 0 Å². The number of carbonyl (C=O) groups excluding carboxylic acids is 1. The van der Waals surface area contributed by atoms with E-state index in [1.165, 1.54) is 35.1 Å². The van der Waals surface area contributed by atoms with Gasteiger partial charge < -0.3 is 4.90 Å². The smallest absolute Gasteiger partial charge is 0.222 e. The molecule has 0 aromatic heterocycles. The lowest BCUT2D eigenvalue weighted by molar-refractivity contribution is -0.130. The number of hydrogen-bond acceptors (Lipinski definition) is 1. The molecule has 1 heterocycles. The van der Waals surface area contributed by atoms with E-state index in [-0.39, 0.29) is 0 Å². The van der Waals surface area contributed by atoms with Gasteiger partial charge in [0.2, 0.25) is 5.91 Å². The third-order valence-electron chi connectivity index (χ3n) is 5.49. The van der Waals surface area contributed by atoms with Crippen LogP contribution in [0.3, 0.4) is 0 Å². The van der Waals surface area contributed by atoms with Crippen molar-refractivity contribution >= 4 is 5.91 Å². The van der Waals surface area contributed by atoms with Crippen LogP contribution in [-0.4, -0.2) is 23.9 Å². The van der Waals surface area contributed by atoms with E-state index >= 15 is 0 Å². The summed E-state index contributed by atoms with van der Waals surface area (Å²) in [6.07, 6.45) is 20.4. The molecule has 0 unspecified atom stereocenters. The summed E-state index contributed by atoms with van der Waals surface area (Å²) in [4.78, 5) is 14.1. The van der Waals surface area contributed by atoms with E-state index in [9.17, 15) is 4.79 Å². The molecule has 1 aliphatic rings. The summed E-state index contributed by atoms with van der Waals surface area (Å²) in [5.41, 5.74) is 5.81. The van der Waals surface area contributed by atoms with Gasteiger partial charge in [0.25, 0.3) is 0 Å². The molecule has 0 saturated carbocycles. The molecule has 158 valence electrons. The number of amides is 1. The van der Waals surface area contributed by atoms with E-state index in [4.69, 9.17) is 0 Å². The van der Waals surface area contributed by atoms with E-state index in [0.29, 0.717) is 5.91 Å². The number of carbonyl (C=O) groups is 1. The first kappa shape index (κ1) is 24.5. The Labute approximate surface area is 174 Å². The Hall–Kier alpha value is -1.57. The van der Waals surface area contributed by atoms with E-state index < -0.39 is 0 Å². The molecule has 0 aliphatic carbocycles. The third kappa shape index (κ3) is 12.0. The first-order valence-corrected chi connectivity index (χ1v) is 11.3. The molecule has 1 amide bonds. The van der Waals surface area contributed by atoms with Crippen LogP contribution in [0.4, 0.5) is 0 Å². The van der Waals surface area contributed by atoms with Gasteiger partial charge in [-0.1, -0.05) is 53.0 Å². The molecule has 0 atom stereocenters. The highest BCUT2D eigenvalue weighted by Gasteiger charge is 2.14. The molecule has 2 nitrogen and oxygen atoms in total. The number of allylic oxidation sites excluding steroid dienone is 7. The molecule has 2 heteroatoms. The summed E-state index contributed by atoms with van der Waals surface area (Å²) >= 11 is 0. The second-order valence-corrected chi connectivity index (χ2v) is 8.70. The maximum Gasteiger partial charge on any atom is 0.222 e. The minimum atomic E-state index is 0.335. The van der Waals surface area contributed by atoms with Gasteiger partial charge in [-0.25, -0.2) is 0 Å². The fourth-order valence-electron chi connectivity index (χ4n) is 3.48. The van der Waals surface area contributed by atoms with Crippen LogP contribution in [0.15, 0.2) is 46.6 Å². The van der Waals surface area contributed by atoms with Crippen LogP contribution in [0.2, 0.25) is 0 Å². The zero-order valence-electron chi connectivity index (χ0n) is 19.2. The third-order valence-corrected chi connectivity index (χ3v) is 5.49. The van der Waals surface area contributed by atoms with Crippen molar-refractivity contribution in [2.75, 3.05) is 13.1 Å². The molecule has 0 N–H and O–H groups in total. The zero-order valence-corrected chi connectivity index (χ0v) is 19.2. The maximum absolute atomic E-state index is 12.0. The Kier molecular flexibility index (Phi) is 12.6. The van der Waals surface area contributed by atoms with Crippen LogP contribution >= 0.6 is 0 Å². The quantitative estimate of drug-likeness (QED) is 0.336. The Morgan fingerprint density at radius 2 is 1.29 bits per heavy atom. The summed E-state index contributed by atoms with van der Waals surface area (Å²) in [5.74, 6) is 0.335. The Balaban J connectivity index is 2.27. The van der Waals surface area contributed by atoms with Crippen molar-refractivity contribution in [1.82, 2.24) is 4.90 Å². The lowest BCUT2D eigenvalue weighted by Crippen LogP contribution is -2.30. The molecule has 28 heavy (non-hydrogen) atoms. The minimum absolute atomic E-state index is 0.335. The highest BCUT2D eigenvalue weighted by Crippen LogP contribution is 2.15. The first-order valence-electron chi connectivity index (χ1n) is 11.3. The van der Waals surface area contributed by atoms with Gasteiger partial charge in [-0.15, -0.1) is 0 Å². The number of nitrogens with zero attached hydrogens (tertiary/aromatic N) is 1. The second-order valence-electron chi connectivity index (χ2n) is 8.70. The molecule has 0 bridgehead atoms. The first-order chi connectivity index (χ1) is 13.4. The topological polar surface area (TPSA) is 20.3 Å². The molecule has 0 aromatic rings. The highest BCUT2D eigenvalue weighted by molar-refractivity contribution is 5.76. The van der Waals surface area contributed by atoms with Crippen LogP contribution in [0.1, 0.15) is 98.8 Å². The van der Waals surface area contributed by atoms with Gasteiger partial charge in [-0.2, -0.15) is 0 Å². The van der Waals surface area contributed by atoms with Crippen molar-refractivity contribution < 1.29 is 4.79 Å². The number of likely N-dealkylation sites (tertiary alicyclic amines) is 1. The van der Waals surface area contributed by atoms with Crippen LogP contribution in [0.25, 0.3) is 0 Å². The molecule has 1 aliphatic heterocycles. The average Bonchev–Trinajstić information content (AvgIpc) is 2.83. The van der Waals surface area contributed by atoms with Crippen LogP contribution in [0, 0.1) is 0 Å². The Bertz CT molecular complexity index is 588. The predicted octanol–water partition coefficient (Wildman–Crippen LogP) is 7.53. The van der Waals surface area contributed by atoms with Gasteiger partial charge in [0.15, 0.2) is 0 Å². The van der Waals surface area contributed by atoms with E-state index in [2.05, 4.69) is 58.9 Å². The summed E-state index contributed by atoms with van der Waals surface area (Å²) in [7, 11) is 0. The van der Waals surface area contributed by atoms with Gasteiger partial charge in [-0.3, -0.25) is 4.79 Å². The van der Waals surface area contributed by atoms with Crippen LogP contribution < -0.4 is 0 Å². The van der Waals surface area contributed by atoms with E-state index in [1.54, 1.807) is 0 Å². The van der Waals surface area contributed by atoms with Gasteiger partial charge >= 0.3 is 0 Å². The SMILES string of the molecule is CC(C)=CCC/C(C)=C/CC/C(C)=C/CC/C(C)=C/CN1CCCCCC1=O. The van der Waals surface area contributed by atoms with Crippen molar-refractivity contribution in [2.45, 2.75) is 98.8 Å². The van der Waals surface area contributed by atoms with E-state index in [1.807, 2.05) is 4.90 Å². The van der Waals surface area contributed by atoms with Gasteiger partial charge in [0.1, 0.15) is 0 Å². The van der Waals surface area contributed by atoms with Crippen LogP contribution in [0.5, 0.6) is 0 Å². The number of rotatable bonds is 11. The Morgan fingerprint density at radius 3 is 1.86 bits per heavy atom. The zero-order chi connectivity index (χ0) is 20.8. The average molecular weight is 386 g/mol. The van der Waals surface area contributed by atoms with Crippen molar-refractivity contribution in [2.24, 2.45) is 0 Å². The lowest BCUT2D eigenvalue weighted by atomic mass is 10.0. The highest BCUT2D eigenvalue weighted by atomic mass is 16.2. The fourth-order valence-corrected chi connectivity index (χ4v) is 3.48. The summed E-state index contributed by atoms with van der Waals surface area (Å²) in [5, 5.41) is 0. The van der Waals surface area contributed by atoms with Gasteiger partial charge in [-0.05, 0) is 86.0 Å². The number of hydrogen-bond donors (Lipinski definition) is 0. The summed E-state index contributed by atoms with van der Waals surface area (Å²) in [6.45, 7) is 12.8. The molecular formula is C26H43NO. The second kappa shape index (κ2) is 14.4. The van der Waals surface area contributed by atoms with Gasteiger partial charge in [0, 0.05) is 19.5 Å². The van der Waals surface area contributed by atoms with Crippen molar-refractivity contribution in [1.29, 1.82) is 0 Å². The molecule has 1 rings (SSSR count). The summed E-state index contributed by atoms with van der Waals surface area (Å²) < 4.78 is 0. The molecule has 0 spiro atoms. The molecule has 1 fully saturated rings. The standard InChI is InChI=1S/C26H43NO/c1-22(2)12-9-13-23(3)14-10-15-24(4)16-11-17-25(5)19-21-27-20-8-6-7-18-26(27)28/h12,14,16,19H,6-11,13,15,17-18,20-21H2,1-5H3/b23-14+,24-16+,25-19+. The molecular weight excluding hydrogens is 342 g/mol. The van der Waals surface area contributed by atoms with Crippen LogP contribution in [-0.2, 0) is 4.79 Å². The molecule has 1 saturated heterocycles. The van der Waals surface area contributed by atoms with Crippen molar-refractivity contribution in [3.05, 3.63) is 46.6 Å². The van der Waals surface area contributed by atoms with Crippen molar-refractivity contribution in [3.8, 4) is 0 Å². The predicted molar refractivity (Wildman–Crippen MR) is 123 cm³/mol. The normalized spacial score (nSPS) is 17.0. The largest absolute Gasteiger partial charge is 0.339 e. The molecule has 0 radical (unpaired) electrons. The van der Waals surface area contributed by atoms with E-state index in [0.717, 1.165) is 64.5 Å². The molecule has 0 aromatic carbocycles. The Morgan fingerprint density at radius 1 is 0.750 bits per heavy atom. The summed E-state index contributed by atoms with van der Waals surface area (Å²) in [6, 6.07) is 0. The lowest BCUT2D eigenvalue weighted by Gasteiger charge is -2.18. The minimum Gasteiger partial charge on any atom is -0.339 e. The van der Waals surface area contributed by atoms with Crippen molar-refractivity contribution in [3.63, 3.8) is 0 Å². The fraction of sp³-hybridized carbons (Fsp3) is 0.654. The maximum atomic E-state index is 12.0.